The highest BCUT2D eigenvalue weighted by molar-refractivity contribution is 8.00. The van der Waals surface area contributed by atoms with E-state index in [0.29, 0.717) is 5.16 Å². The Hall–Kier alpha value is -2.60. The predicted molar refractivity (Wildman–Crippen MR) is 112 cm³/mol. The number of para-hydroxylation sites is 1. The van der Waals surface area contributed by atoms with Gasteiger partial charge in [-0.3, -0.25) is 4.79 Å². The van der Waals surface area contributed by atoms with Gasteiger partial charge in [0.25, 0.3) is 0 Å². The first-order valence-electron chi connectivity index (χ1n) is 9.11. The fraction of sp³-hybridized carbons (Fsp3) is 0.286. The van der Waals surface area contributed by atoms with E-state index in [9.17, 15) is 4.79 Å². The lowest BCUT2D eigenvalue weighted by atomic mass is 10.1. The first kappa shape index (κ1) is 19.2. The van der Waals surface area contributed by atoms with Crippen LogP contribution in [0, 0.1) is 0 Å². The zero-order valence-corrected chi connectivity index (χ0v) is 16.6. The number of carbonyl (C=O) groups excluding carboxylic acids is 1. The quantitative estimate of drug-likeness (QED) is 0.469. The van der Waals surface area contributed by atoms with E-state index in [2.05, 4.69) is 20.6 Å². The van der Waals surface area contributed by atoms with Crippen LogP contribution >= 0.6 is 11.8 Å². The highest BCUT2D eigenvalue weighted by atomic mass is 32.2. The number of anilines is 1. The van der Waals surface area contributed by atoms with Crippen molar-refractivity contribution < 1.29 is 4.79 Å². The Kier molecular flexibility index (Phi) is 6.29. The lowest BCUT2D eigenvalue weighted by molar-refractivity contribution is -0.120. The number of amides is 1. The molecule has 0 radical (unpaired) electrons. The number of hydrogen-bond donors (Lipinski definition) is 2. The van der Waals surface area contributed by atoms with Crippen LogP contribution in [-0.4, -0.2) is 27.7 Å². The van der Waals surface area contributed by atoms with Crippen LogP contribution < -0.4 is 10.6 Å². The van der Waals surface area contributed by atoms with E-state index in [-0.39, 0.29) is 17.2 Å². The maximum Gasteiger partial charge on any atom is 0.233 e. The monoisotopic (exact) mass is 380 g/mol. The van der Waals surface area contributed by atoms with Gasteiger partial charge in [0.2, 0.25) is 5.91 Å². The molecule has 1 aromatic heterocycles. The molecular weight excluding hydrogens is 356 g/mol. The number of nitrogens with one attached hydrogen (secondary N) is 2. The van der Waals surface area contributed by atoms with E-state index in [1.165, 1.54) is 11.8 Å². The standard InChI is InChI=1S/C21H24N4OS/c1-4-22-19-17-12-8-9-13-18(17)24-21(25-19)27-15(3)20(26)23-14(2)16-10-6-5-7-11-16/h5-15H,4H2,1-3H3,(H,23,26)(H,22,24,25). The molecule has 0 bridgehead atoms. The van der Waals surface area contributed by atoms with Crippen molar-refractivity contribution in [1.29, 1.82) is 0 Å². The van der Waals surface area contributed by atoms with Crippen LogP contribution in [0.4, 0.5) is 5.82 Å². The van der Waals surface area contributed by atoms with E-state index >= 15 is 0 Å². The van der Waals surface area contributed by atoms with Crippen LogP contribution in [0.1, 0.15) is 32.4 Å². The lowest BCUT2D eigenvalue weighted by Crippen LogP contribution is -2.33. The molecule has 0 aliphatic carbocycles. The summed E-state index contributed by atoms with van der Waals surface area (Å²) >= 11 is 1.37. The minimum absolute atomic E-state index is 0.0295. The Morgan fingerprint density at radius 1 is 1.04 bits per heavy atom. The van der Waals surface area contributed by atoms with E-state index < -0.39 is 0 Å². The molecule has 2 unspecified atom stereocenters. The highest BCUT2D eigenvalue weighted by Gasteiger charge is 2.19. The molecule has 2 atom stereocenters. The van der Waals surface area contributed by atoms with Crippen molar-refractivity contribution >= 4 is 34.4 Å². The van der Waals surface area contributed by atoms with Crippen LogP contribution in [0.25, 0.3) is 10.9 Å². The van der Waals surface area contributed by atoms with Crippen molar-refractivity contribution in [2.75, 3.05) is 11.9 Å². The van der Waals surface area contributed by atoms with Crippen LogP contribution in [0.2, 0.25) is 0 Å². The van der Waals surface area contributed by atoms with Gasteiger partial charge < -0.3 is 10.6 Å². The molecule has 1 heterocycles. The molecule has 0 aliphatic rings. The van der Waals surface area contributed by atoms with Gasteiger partial charge in [-0.25, -0.2) is 9.97 Å². The molecule has 3 aromatic rings. The Bertz CT molecular complexity index is 916. The number of thioether (sulfide) groups is 1. The smallest absolute Gasteiger partial charge is 0.233 e. The Balaban J connectivity index is 1.73. The van der Waals surface area contributed by atoms with Crippen molar-refractivity contribution in [1.82, 2.24) is 15.3 Å². The normalized spacial score (nSPS) is 13.1. The molecule has 27 heavy (non-hydrogen) atoms. The van der Waals surface area contributed by atoms with Gasteiger partial charge in [0, 0.05) is 11.9 Å². The SMILES string of the molecule is CCNc1nc(SC(C)C(=O)NC(C)c2ccccc2)nc2ccccc12. The zero-order chi connectivity index (χ0) is 19.2. The van der Waals surface area contributed by atoms with Crippen molar-refractivity contribution in [2.45, 2.75) is 37.2 Å². The molecular formula is C21H24N4OS. The lowest BCUT2D eigenvalue weighted by Gasteiger charge is -2.17. The molecule has 140 valence electrons. The highest BCUT2D eigenvalue weighted by Crippen LogP contribution is 2.27. The molecule has 2 aromatic carbocycles. The largest absolute Gasteiger partial charge is 0.370 e. The van der Waals surface area contributed by atoms with Crippen molar-refractivity contribution in [2.24, 2.45) is 0 Å². The summed E-state index contributed by atoms with van der Waals surface area (Å²) in [5.74, 6) is 0.772. The summed E-state index contributed by atoms with van der Waals surface area (Å²) < 4.78 is 0. The Morgan fingerprint density at radius 2 is 1.74 bits per heavy atom. The summed E-state index contributed by atoms with van der Waals surface area (Å²) in [6, 6.07) is 17.8. The zero-order valence-electron chi connectivity index (χ0n) is 15.8. The average molecular weight is 381 g/mol. The fourth-order valence-corrected chi connectivity index (χ4v) is 3.56. The molecule has 0 aliphatic heterocycles. The van der Waals surface area contributed by atoms with Crippen molar-refractivity contribution in [3.63, 3.8) is 0 Å². The number of fused-ring (bicyclic) bond motifs is 1. The summed E-state index contributed by atoms with van der Waals surface area (Å²) in [6.45, 7) is 6.67. The summed E-state index contributed by atoms with van der Waals surface area (Å²) in [5.41, 5.74) is 1.95. The summed E-state index contributed by atoms with van der Waals surface area (Å²) in [7, 11) is 0. The van der Waals surface area contributed by atoms with Crippen molar-refractivity contribution in [3.05, 3.63) is 60.2 Å². The van der Waals surface area contributed by atoms with Gasteiger partial charge in [0.05, 0.1) is 16.8 Å². The van der Waals surface area contributed by atoms with Crippen LogP contribution in [0.3, 0.4) is 0 Å². The maximum atomic E-state index is 12.6. The van der Waals surface area contributed by atoms with Gasteiger partial charge in [-0.05, 0) is 38.5 Å². The molecule has 0 saturated heterocycles. The maximum absolute atomic E-state index is 12.6. The molecule has 0 spiro atoms. The molecule has 3 rings (SSSR count). The number of aromatic nitrogens is 2. The van der Waals surface area contributed by atoms with Gasteiger partial charge in [0.15, 0.2) is 5.16 Å². The Morgan fingerprint density at radius 3 is 2.48 bits per heavy atom. The second-order valence-corrected chi connectivity index (χ2v) is 7.61. The number of carbonyl (C=O) groups is 1. The first-order chi connectivity index (χ1) is 13.1. The molecule has 0 fully saturated rings. The predicted octanol–water partition coefficient (Wildman–Crippen LogP) is 4.42. The molecule has 1 amide bonds. The van der Waals surface area contributed by atoms with Gasteiger partial charge >= 0.3 is 0 Å². The van der Waals surface area contributed by atoms with E-state index in [4.69, 9.17) is 0 Å². The third-order valence-corrected chi connectivity index (χ3v) is 5.20. The molecule has 6 heteroatoms. The van der Waals surface area contributed by atoms with Crippen LogP contribution in [0.5, 0.6) is 0 Å². The molecule has 0 saturated carbocycles. The molecule has 5 nitrogen and oxygen atoms in total. The fourth-order valence-electron chi connectivity index (χ4n) is 2.78. The van der Waals surface area contributed by atoms with Crippen LogP contribution in [-0.2, 0) is 4.79 Å². The minimum atomic E-state index is -0.299. The number of hydrogen-bond acceptors (Lipinski definition) is 5. The summed E-state index contributed by atoms with van der Waals surface area (Å²) in [6.07, 6.45) is 0. The third kappa shape index (κ3) is 4.77. The van der Waals surface area contributed by atoms with Gasteiger partial charge in [0.1, 0.15) is 5.82 Å². The third-order valence-electron chi connectivity index (χ3n) is 4.24. The topological polar surface area (TPSA) is 66.9 Å². The Labute approximate surface area is 164 Å². The van der Waals surface area contributed by atoms with E-state index in [0.717, 1.165) is 28.8 Å². The van der Waals surface area contributed by atoms with Crippen molar-refractivity contribution in [3.8, 4) is 0 Å². The second-order valence-electron chi connectivity index (χ2n) is 6.30. The second kappa shape index (κ2) is 8.86. The summed E-state index contributed by atoms with van der Waals surface area (Å²) in [4.78, 5) is 21.8. The first-order valence-corrected chi connectivity index (χ1v) is 9.99. The average Bonchev–Trinajstić information content (AvgIpc) is 2.68. The summed E-state index contributed by atoms with van der Waals surface area (Å²) in [5, 5.41) is 7.63. The number of benzene rings is 2. The minimum Gasteiger partial charge on any atom is -0.370 e. The van der Waals surface area contributed by atoms with Gasteiger partial charge in [-0.2, -0.15) is 0 Å². The molecule has 2 N–H and O–H groups in total. The number of nitrogens with zero attached hydrogens (tertiary/aromatic N) is 2. The van der Waals surface area contributed by atoms with Crippen LogP contribution in [0.15, 0.2) is 59.8 Å². The van der Waals surface area contributed by atoms with E-state index in [1.807, 2.05) is 75.4 Å². The number of rotatable bonds is 7. The van der Waals surface area contributed by atoms with E-state index in [1.54, 1.807) is 0 Å². The van der Waals surface area contributed by atoms with Gasteiger partial charge in [-0.15, -0.1) is 0 Å². The van der Waals surface area contributed by atoms with Gasteiger partial charge in [-0.1, -0.05) is 54.2 Å².